The molecule has 0 aromatic rings. The van der Waals surface area contributed by atoms with Crippen molar-refractivity contribution in [1.29, 1.82) is 0 Å². The van der Waals surface area contributed by atoms with E-state index in [-0.39, 0.29) is 0 Å². The molecule has 0 aromatic carbocycles. The number of rotatable bonds is 4. The topological polar surface area (TPSA) is 12.0 Å². The first-order valence-electron chi connectivity index (χ1n) is 3.24. The van der Waals surface area contributed by atoms with Crippen LogP contribution < -0.4 is 5.32 Å². The third-order valence-electron chi connectivity index (χ3n) is 0.963. The van der Waals surface area contributed by atoms with Crippen molar-refractivity contribution >= 4 is 0 Å². The van der Waals surface area contributed by atoms with E-state index in [1.807, 2.05) is 20.0 Å². The summed E-state index contributed by atoms with van der Waals surface area (Å²) in [5.74, 6) is 0. The highest BCUT2D eigenvalue weighted by Crippen LogP contribution is 1.89. The van der Waals surface area contributed by atoms with Gasteiger partial charge in [-0.25, -0.2) is 0 Å². The van der Waals surface area contributed by atoms with Crippen LogP contribution in [-0.4, -0.2) is 13.6 Å². The van der Waals surface area contributed by atoms with Crippen molar-refractivity contribution < 1.29 is 0 Å². The highest BCUT2D eigenvalue weighted by Gasteiger charge is 1.75. The van der Waals surface area contributed by atoms with Gasteiger partial charge in [0.15, 0.2) is 0 Å². The van der Waals surface area contributed by atoms with Gasteiger partial charge in [-0.3, -0.25) is 0 Å². The number of hydrogen-bond donors (Lipinski definition) is 1. The molecule has 9 heavy (non-hydrogen) atoms. The molecule has 0 rings (SSSR count). The molecule has 0 aliphatic rings. The largest absolute Gasteiger partial charge is 0.319 e. The molecule has 0 amide bonds. The molecule has 1 N–H and O–H groups in total. The van der Waals surface area contributed by atoms with E-state index in [1.54, 1.807) is 0 Å². The first-order chi connectivity index (χ1) is 4.27. The minimum absolute atomic E-state index is 1.05. The van der Waals surface area contributed by atoms with E-state index in [2.05, 4.69) is 18.0 Å². The third kappa shape index (κ3) is 7.44. The summed E-state index contributed by atoms with van der Waals surface area (Å²) in [4.78, 5) is 0. The zero-order valence-electron chi connectivity index (χ0n) is 6.28. The molecule has 1 heteroatoms. The Labute approximate surface area is 57.5 Å². The summed E-state index contributed by atoms with van der Waals surface area (Å²) in [7, 11) is 1.95. The Morgan fingerprint density at radius 2 is 2.33 bits per heavy atom. The molecule has 0 saturated carbocycles. The van der Waals surface area contributed by atoms with Gasteiger partial charge in [-0.2, -0.15) is 0 Å². The van der Waals surface area contributed by atoms with Gasteiger partial charge in [0.25, 0.3) is 0 Å². The predicted molar refractivity (Wildman–Crippen MR) is 42.5 cm³/mol. The lowest BCUT2D eigenvalue weighted by atomic mass is 10.3. The maximum Gasteiger partial charge on any atom is -0.00172 e. The monoisotopic (exact) mass is 125 g/mol. The van der Waals surface area contributed by atoms with Crippen LogP contribution in [0.4, 0.5) is 0 Å². The molecule has 0 aliphatic heterocycles. The summed E-state index contributed by atoms with van der Waals surface area (Å²) in [6.07, 6.45) is 5.25. The SMILES string of the molecule is C=C(C)/C=C/CCNC. The predicted octanol–water partition coefficient (Wildman–Crippen LogP) is 1.73. The van der Waals surface area contributed by atoms with Crippen molar-refractivity contribution in [3.63, 3.8) is 0 Å². The zero-order valence-corrected chi connectivity index (χ0v) is 6.28. The lowest BCUT2D eigenvalue weighted by molar-refractivity contribution is 0.807. The fraction of sp³-hybridized carbons (Fsp3) is 0.500. The van der Waals surface area contributed by atoms with Gasteiger partial charge in [-0.15, -0.1) is 0 Å². The summed E-state index contributed by atoms with van der Waals surface area (Å²) >= 11 is 0. The Morgan fingerprint density at radius 1 is 1.67 bits per heavy atom. The summed E-state index contributed by atoms with van der Waals surface area (Å²) in [5.41, 5.74) is 1.12. The maximum absolute atomic E-state index is 3.75. The van der Waals surface area contributed by atoms with Crippen molar-refractivity contribution in [2.75, 3.05) is 13.6 Å². The Balaban J connectivity index is 3.15. The highest BCUT2D eigenvalue weighted by atomic mass is 14.8. The summed E-state index contributed by atoms with van der Waals surface area (Å²) in [5, 5.41) is 3.06. The van der Waals surface area contributed by atoms with Crippen LogP contribution in [0.25, 0.3) is 0 Å². The normalized spacial score (nSPS) is 10.4. The fourth-order valence-electron chi connectivity index (χ4n) is 0.512. The number of hydrogen-bond acceptors (Lipinski definition) is 1. The van der Waals surface area contributed by atoms with Crippen molar-refractivity contribution in [2.24, 2.45) is 0 Å². The molecule has 0 saturated heterocycles. The van der Waals surface area contributed by atoms with E-state index < -0.39 is 0 Å². The first kappa shape index (κ1) is 8.44. The van der Waals surface area contributed by atoms with Gasteiger partial charge in [-0.05, 0) is 26.9 Å². The van der Waals surface area contributed by atoms with E-state index in [4.69, 9.17) is 0 Å². The van der Waals surface area contributed by atoms with Crippen LogP contribution in [-0.2, 0) is 0 Å². The van der Waals surface area contributed by atoms with Crippen LogP contribution in [0.2, 0.25) is 0 Å². The minimum Gasteiger partial charge on any atom is -0.319 e. The second-order valence-electron chi connectivity index (χ2n) is 2.14. The molecule has 0 atom stereocenters. The average Bonchev–Trinajstić information content (AvgIpc) is 1.80. The lowest BCUT2D eigenvalue weighted by Gasteiger charge is -1.90. The molecule has 1 nitrogen and oxygen atoms in total. The molecule has 0 aromatic heterocycles. The lowest BCUT2D eigenvalue weighted by Crippen LogP contribution is -2.05. The average molecular weight is 125 g/mol. The van der Waals surface area contributed by atoms with Crippen molar-refractivity contribution in [1.82, 2.24) is 5.32 Å². The van der Waals surface area contributed by atoms with Gasteiger partial charge < -0.3 is 5.32 Å². The summed E-state index contributed by atoms with van der Waals surface area (Å²) in [6, 6.07) is 0. The second kappa shape index (κ2) is 5.57. The summed E-state index contributed by atoms with van der Waals surface area (Å²) in [6.45, 7) is 6.79. The molecule has 0 unspecified atom stereocenters. The smallest absolute Gasteiger partial charge is 0.00172 e. The van der Waals surface area contributed by atoms with E-state index in [0.29, 0.717) is 0 Å². The summed E-state index contributed by atoms with van der Waals surface area (Å²) < 4.78 is 0. The highest BCUT2D eigenvalue weighted by molar-refractivity contribution is 5.10. The van der Waals surface area contributed by atoms with Gasteiger partial charge in [0, 0.05) is 0 Å². The van der Waals surface area contributed by atoms with Crippen LogP contribution in [0, 0.1) is 0 Å². The minimum atomic E-state index is 1.05. The van der Waals surface area contributed by atoms with Gasteiger partial charge in [0.05, 0.1) is 0 Å². The van der Waals surface area contributed by atoms with Gasteiger partial charge >= 0.3 is 0 Å². The van der Waals surface area contributed by atoms with Crippen molar-refractivity contribution in [2.45, 2.75) is 13.3 Å². The quantitative estimate of drug-likeness (QED) is 0.445. The number of nitrogens with one attached hydrogen (secondary N) is 1. The first-order valence-corrected chi connectivity index (χ1v) is 3.24. The second-order valence-corrected chi connectivity index (χ2v) is 2.14. The van der Waals surface area contributed by atoms with E-state index in [0.717, 1.165) is 18.5 Å². The molecule has 0 spiro atoms. The Kier molecular flexibility index (Phi) is 5.23. The molecule has 0 aliphatic carbocycles. The molecule has 0 bridgehead atoms. The van der Waals surface area contributed by atoms with Gasteiger partial charge in [-0.1, -0.05) is 24.3 Å². The van der Waals surface area contributed by atoms with Crippen LogP contribution in [0.3, 0.4) is 0 Å². The van der Waals surface area contributed by atoms with Gasteiger partial charge in [0.1, 0.15) is 0 Å². The Morgan fingerprint density at radius 3 is 2.78 bits per heavy atom. The number of allylic oxidation sites excluding steroid dienone is 2. The molecular formula is C8H15N. The maximum atomic E-state index is 3.75. The molecule has 0 fully saturated rings. The van der Waals surface area contributed by atoms with E-state index >= 15 is 0 Å². The molecule has 0 radical (unpaired) electrons. The molecule has 52 valence electrons. The van der Waals surface area contributed by atoms with Crippen molar-refractivity contribution in [3.8, 4) is 0 Å². The van der Waals surface area contributed by atoms with Crippen LogP contribution in [0.15, 0.2) is 24.3 Å². The van der Waals surface area contributed by atoms with E-state index in [1.165, 1.54) is 0 Å². The standard InChI is InChI=1S/C8H15N/c1-8(2)6-4-5-7-9-3/h4,6,9H,1,5,7H2,2-3H3/b6-4+. The van der Waals surface area contributed by atoms with Crippen molar-refractivity contribution in [3.05, 3.63) is 24.3 Å². The third-order valence-corrected chi connectivity index (χ3v) is 0.963. The van der Waals surface area contributed by atoms with Gasteiger partial charge in [0.2, 0.25) is 0 Å². The molecular weight excluding hydrogens is 110 g/mol. The Bertz CT molecular complexity index is 103. The van der Waals surface area contributed by atoms with E-state index in [9.17, 15) is 0 Å². The molecule has 0 heterocycles. The van der Waals surface area contributed by atoms with Crippen LogP contribution in [0.1, 0.15) is 13.3 Å². The Hall–Kier alpha value is -0.560. The zero-order chi connectivity index (χ0) is 7.11. The fourth-order valence-corrected chi connectivity index (χ4v) is 0.512. The van der Waals surface area contributed by atoms with Crippen LogP contribution >= 0.6 is 0 Å². The van der Waals surface area contributed by atoms with Crippen LogP contribution in [0.5, 0.6) is 0 Å².